The van der Waals surface area contributed by atoms with Crippen LogP contribution >= 0.6 is 11.8 Å². The van der Waals surface area contributed by atoms with Crippen LogP contribution in [0.25, 0.3) is 16.7 Å². The van der Waals surface area contributed by atoms with E-state index in [1.165, 1.54) is 12.1 Å². The molecule has 0 radical (unpaired) electrons. The zero-order chi connectivity index (χ0) is 24.4. The molecule has 1 aromatic heterocycles. The van der Waals surface area contributed by atoms with Gasteiger partial charge in [0.15, 0.2) is 0 Å². The third-order valence-electron chi connectivity index (χ3n) is 6.09. The van der Waals surface area contributed by atoms with E-state index >= 15 is 0 Å². The Kier molecular flexibility index (Phi) is 6.55. The maximum Gasteiger partial charge on any atom is 0.277 e. The Hall–Kier alpha value is -3.65. The summed E-state index contributed by atoms with van der Waals surface area (Å²) in [5.41, 5.74) is 2.92. The molecular weight excluding hydrogens is 465 g/mol. The normalized spacial score (nSPS) is 15.0. The number of para-hydroxylation sites is 2. The second-order valence-corrected chi connectivity index (χ2v) is 9.46. The molecule has 35 heavy (non-hydrogen) atoms. The van der Waals surface area contributed by atoms with Gasteiger partial charge in [0.05, 0.1) is 24.2 Å². The quantitative estimate of drug-likeness (QED) is 0.420. The number of benzene rings is 3. The van der Waals surface area contributed by atoms with E-state index in [0.717, 1.165) is 22.6 Å². The molecule has 1 N–H and O–H groups in total. The monoisotopic (exact) mass is 489 g/mol. The Morgan fingerprint density at radius 1 is 1.17 bits per heavy atom. The number of carbonyl (C=O) groups is 1. The summed E-state index contributed by atoms with van der Waals surface area (Å²) in [6.07, 6.45) is 1.03. The first kappa shape index (κ1) is 23.1. The van der Waals surface area contributed by atoms with Gasteiger partial charge in [-0.3, -0.25) is 14.2 Å². The van der Waals surface area contributed by atoms with E-state index in [0.29, 0.717) is 28.2 Å². The van der Waals surface area contributed by atoms with Crippen molar-refractivity contribution in [2.24, 2.45) is 0 Å². The highest BCUT2D eigenvalue weighted by Gasteiger charge is 2.23. The highest BCUT2D eigenvalue weighted by Crippen LogP contribution is 2.36. The van der Waals surface area contributed by atoms with Gasteiger partial charge in [-0.05, 0) is 66.6 Å². The summed E-state index contributed by atoms with van der Waals surface area (Å²) in [5, 5.41) is 3.02. The van der Waals surface area contributed by atoms with E-state index in [9.17, 15) is 14.0 Å². The van der Waals surface area contributed by atoms with Gasteiger partial charge in [0.1, 0.15) is 17.3 Å². The summed E-state index contributed by atoms with van der Waals surface area (Å²) in [5.74, 6) is 1.04. The van der Waals surface area contributed by atoms with Crippen LogP contribution < -0.4 is 15.6 Å². The lowest BCUT2D eigenvalue weighted by atomic mass is 10.0. The maximum absolute atomic E-state index is 13.8. The molecule has 0 fully saturated rings. The highest BCUT2D eigenvalue weighted by molar-refractivity contribution is 7.99. The summed E-state index contributed by atoms with van der Waals surface area (Å²) < 4.78 is 20.6. The number of thioether (sulfide) groups is 1. The Bertz CT molecular complexity index is 1450. The first-order valence-corrected chi connectivity index (χ1v) is 12.4. The Morgan fingerprint density at radius 3 is 2.77 bits per heavy atom. The van der Waals surface area contributed by atoms with Crippen LogP contribution in [0.5, 0.6) is 5.75 Å². The third-order valence-corrected chi connectivity index (χ3v) is 7.22. The van der Waals surface area contributed by atoms with Crippen molar-refractivity contribution in [3.05, 3.63) is 94.2 Å². The minimum Gasteiger partial charge on any atom is -0.497 e. The summed E-state index contributed by atoms with van der Waals surface area (Å²) >= 11 is 1.66. The van der Waals surface area contributed by atoms with Gasteiger partial charge in [0.25, 0.3) is 5.56 Å². The molecule has 1 atom stereocenters. The summed E-state index contributed by atoms with van der Waals surface area (Å²) in [6, 6.07) is 19.1. The second kappa shape index (κ2) is 9.92. The number of hydrogen-bond acceptors (Lipinski definition) is 5. The van der Waals surface area contributed by atoms with Crippen molar-refractivity contribution in [2.45, 2.75) is 30.2 Å². The number of nitrogens with zero attached hydrogens (tertiary/aromatic N) is 2. The molecule has 6 nitrogen and oxygen atoms in total. The fourth-order valence-corrected chi connectivity index (χ4v) is 5.45. The molecule has 0 saturated heterocycles. The van der Waals surface area contributed by atoms with Crippen molar-refractivity contribution >= 4 is 28.7 Å². The van der Waals surface area contributed by atoms with Crippen LogP contribution in [0.3, 0.4) is 0 Å². The van der Waals surface area contributed by atoms with Crippen LogP contribution in [0.1, 0.15) is 30.1 Å². The molecule has 2 heterocycles. The Labute approximate surface area is 206 Å². The predicted octanol–water partition coefficient (Wildman–Crippen LogP) is 4.82. The van der Waals surface area contributed by atoms with Crippen LogP contribution in [0.4, 0.5) is 4.39 Å². The molecule has 0 spiro atoms. The van der Waals surface area contributed by atoms with Gasteiger partial charge in [-0.25, -0.2) is 9.37 Å². The number of methoxy groups -OCH3 is 1. The van der Waals surface area contributed by atoms with E-state index in [4.69, 9.17) is 4.74 Å². The molecule has 3 aromatic carbocycles. The van der Waals surface area contributed by atoms with E-state index < -0.39 is 0 Å². The van der Waals surface area contributed by atoms with E-state index in [2.05, 4.69) is 10.3 Å². The average Bonchev–Trinajstić information content (AvgIpc) is 2.88. The van der Waals surface area contributed by atoms with Crippen molar-refractivity contribution in [2.75, 3.05) is 12.9 Å². The van der Waals surface area contributed by atoms with E-state index in [1.54, 1.807) is 41.6 Å². The smallest absolute Gasteiger partial charge is 0.277 e. The molecular formula is C27H24FN3O3S. The molecule has 1 aliphatic heterocycles. The summed E-state index contributed by atoms with van der Waals surface area (Å²) in [6.45, 7) is 0. The van der Waals surface area contributed by atoms with Gasteiger partial charge in [-0.2, -0.15) is 0 Å². The molecule has 178 valence electrons. The minimum atomic E-state index is -0.315. The van der Waals surface area contributed by atoms with Crippen molar-refractivity contribution in [3.63, 3.8) is 0 Å². The lowest BCUT2D eigenvalue weighted by molar-refractivity contribution is -0.121. The SMILES string of the molecule is COc1ccc(-n2c(=O)c(CCC(=O)N[C@@H]3CCSc4ccc(F)cc43)nc3ccccc32)cc1. The number of hydrogen-bond donors (Lipinski definition) is 1. The fourth-order valence-electron chi connectivity index (χ4n) is 4.34. The molecule has 5 rings (SSSR count). The summed E-state index contributed by atoms with van der Waals surface area (Å²) in [7, 11) is 1.59. The Morgan fingerprint density at radius 2 is 1.97 bits per heavy atom. The Balaban J connectivity index is 1.39. The van der Waals surface area contributed by atoms with Gasteiger partial charge >= 0.3 is 0 Å². The van der Waals surface area contributed by atoms with Gasteiger partial charge < -0.3 is 10.1 Å². The number of aryl methyl sites for hydroxylation is 1. The first-order chi connectivity index (χ1) is 17.0. The first-order valence-electron chi connectivity index (χ1n) is 11.4. The van der Waals surface area contributed by atoms with E-state index in [1.807, 2.05) is 36.4 Å². The molecule has 8 heteroatoms. The molecule has 0 unspecified atom stereocenters. The van der Waals surface area contributed by atoms with Crippen LogP contribution in [0.2, 0.25) is 0 Å². The number of nitrogens with one attached hydrogen (secondary N) is 1. The fraction of sp³-hybridized carbons (Fsp3) is 0.222. The van der Waals surface area contributed by atoms with Gasteiger partial charge in [0.2, 0.25) is 5.91 Å². The summed E-state index contributed by atoms with van der Waals surface area (Å²) in [4.78, 5) is 31.8. The average molecular weight is 490 g/mol. The van der Waals surface area contributed by atoms with Crippen LogP contribution in [-0.2, 0) is 11.2 Å². The second-order valence-electron chi connectivity index (χ2n) is 8.33. The maximum atomic E-state index is 13.8. The number of amides is 1. The van der Waals surface area contributed by atoms with Gasteiger partial charge in [-0.15, -0.1) is 11.8 Å². The number of rotatable bonds is 6. The topological polar surface area (TPSA) is 73.2 Å². The predicted molar refractivity (Wildman–Crippen MR) is 135 cm³/mol. The zero-order valence-corrected chi connectivity index (χ0v) is 20.0. The largest absolute Gasteiger partial charge is 0.497 e. The van der Waals surface area contributed by atoms with Crippen LogP contribution in [-0.4, -0.2) is 28.3 Å². The molecule has 0 bridgehead atoms. The van der Waals surface area contributed by atoms with Gasteiger partial charge in [0, 0.05) is 29.2 Å². The standard InChI is InChI=1S/C27H24FN3O3S/c1-34-19-9-7-18(8-10-19)31-24-5-3-2-4-22(24)29-23(27(31)33)11-13-26(32)30-21-14-15-35-25-12-6-17(28)16-20(21)25/h2-10,12,16,21H,11,13-15H2,1H3,(H,30,32)/t21-/m1/s1. The lowest BCUT2D eigenvalue weighted by Gasteiger charge is -2.26. The van der Waals surface area contributed by atoms with E-state index in [-0.39, 0.29) is 36.2 Å². The number of fused-ring (bicyclic) bond motifs is 2. The van der Waals surface area contributed by atoms with Crippen LogP contribution in [0, 0.1) is 5.82 Å². The number of carbonyl (C=O) groups excluding carboxylic acids is 1. The number of halogens is 1. The molecule has 0 aliphatic carbocycles. The number of aromatic nitrogens is 2. The highest BCUT2D eigenvalue weighted by atomic mass is 32.2. The molecule has 1 amide bonds. The van der Waals surface area contributed by atoms with Crippen LogP contribution in [0.15, 0.2) is 76.4 Å². The van der Waals surface area contributed by atoms with Crippen molar-refractivity contribution in [3.8, 4) is 11.4 Å². The number of ether oxygens (including phenoxy) is 1. The minimum absolute atomic E-state index is 0.109. The zero-order valence-electron chi connectivity index (χ0n) is 19.2. The van der Waals surface area contributed by atoms with Crippen molar-refractivity contribution in [1.82, 2.24) is 14.9 Å². The molecule has 1 aliphatic rings. The lowest BCUT2D eigenvalue weighted by Crippen LogP contribution is -2.32. The molecule has 4 aromatic rings. The van der Waals surface area contributed by atoms with Crippen molar-refractivity contribution < 1.29 is 13.9 Å². The molecule has 0 saturated carbocycles. The van der Waals surface area contributed by atoms with Crippen molar-refractivity contribution in [1.29, 1.82) is 0 Å². The third kappa shape index (κ3) is 4.79. The van der Waals surface area contributed by atoms with Gasteiger partial charge in [-0.1, -0.05) is 12.1 Å².